The highest BCUT2D eigenvalue weighted by molar-refractivity contribution is 5.80. The molecule has 1 atom stereocenters. The SMILES string of the molecule is CN=C(NCCNC(C)(C)C)NC1CCN(CC(F)(F)F)C1. The maximum Gasteiger partial charge on any atom is 0.401 e. The van der Waals surface area contributed by atoms with E-state index in [4.69, 9.17) is 0 Å². The Kier molecular flexibility index (Phi) is 6.93. The van der Waals surface area contributed by atoms with Crippen LogP contribution in [0, 0.1) is 0 Å². The third kappa shape index (κ3) is 8.43. The van der Waals surface area contributed by atoms with Crippen molar-refractivity contribution in [2.24, 2.45) is 4.99 Å². The smallest absolute Gasteiger partial charge is 0.355 e. The Morgan fingerprint density at radius 2 is 1.91 bits per heavy atom. The Morgan fingerprint density at radius 1 is 1.23 bits per heavy atom. The molecule has 0 saturated carbocycles. The van der Waals surface area contributed by atoms with Crippen molar-refractivity contribution in [2.45, 2.75) is 44.9 Å². The zero-order valence-corrected chi connectivity index (χ0v) is 13.8. The Bertz CT molecular complexity index is 362. The summed E-state index contributed by atoms with van der Waals surface area (Å²) in [5.74, 6) is 0.634. The van der Waals surface area contributed by atoms with Crippen molar-refractivity contribution >= 4 is 5.96 Å². The molecule has 130 valence electrons. The Labute approximate surface area is 130 Å². The Morgan fingerprint density at radius 3 is 2.45 bits per heavy atom. The molecular weight excluding hydrogens is 295 g/mol. The Balaban J connectivity index is 2.27. The van der Waals surface area contributed by atoms with Gasteiger partial charge in [-0.05, 0) is 27.2 Å². The van der Waals surface area contributed by atoms with E-state index in [0.717, 1.165) is 6.54 Å². The standard InChI is InChI=1S/C14H28F3N5/c1-13(2,3)20-7-6-19-12(18-4)21-11-5-8-22(9-11)10-14(15,16)17/h11,20H,5-10H2,1-4H3,(H2,18,19,21). The fourth-order valence-corrected chi connectivity index (χ4v) is 2.35. The van der Waals surface area contributed by atoms with Gasteiger partial charge in [-0.15, -0.1) is 0 Å². The average molecular weight is 323 g/mol. The van der Waals surface area contributed by atoms with E-state index in [-0.39, 0.29) is 11.6 Å². The van der Waals surface area contributed by atoms with Gasteiger partial charge in [-0.25, -0.2) is 0 Å². The van der Waals surface area contributed by atoms with E-state index in [0.29, 0.717) is 32.0 Å². The van der Waals surface area contributed by atoms with Crippen LogP contribution >= 0.6 is 0 Å². The van der Waals surface area contributed by atoms with Crippen LogP contribution in [-0.4, -0.2) is 68.4 Å². The van der Waals surface area contributed by atoms with E-state index in [1.165, 1.54) is 4.90 Å². The molecule has 1 heterocycles. The summed E-state index contributed by atoms with van der Waals surface area (Å²) in [6.45, 7) is 7.77. The molecule has 3 N–H and O–H groups in total. The van der Waals surface area contributed by atoms with Gasteiger partial charge in [0.25, 0.3) is 0 Å². The number of hydrogen-bond donors (Lipinski definition) is 3. The molecule has 1 aliphatic heterocycles. The van der Waals surface area contributed by atoms with Crippen molar-refractivity contribution in [2.75, 3.05) is 39.8 Å². The molecule has 22 heavy (non-hydrogen) atoms. The minimum absolute atomic E-state index is 0.00382. The molecule has 1 aliphatic rings. The van der Waals surface area contributed by atoms with Gasteiger partial charge in [0.05, 0.1) is 6.54 Å². The van der Waals surface area contributed by atoms with Crippen LogP contribution in [0.25, 0.3) is 0 Å². The lowest BCUT2D eigenvalue weighted by molar-refractivity contribution is -0.143. The van der Waals surface area contributed by atoms with Gasteiger partial charge in [-0.1, -0.05) is 0 Å². The number of nitrogens with zero attached hydrogens (tertiary/aromatic N) is 2. The van der Waals surface area contributed by atoms with Gasteiger partial charge >= 0.3 is 6.18 Å². The van der Waals surface area contributed by atoms with Crippen molar-refractivity contribution in [1.82, 2.24) is 20.9 Å². The van der Waals surface area contributed by atoms with Crippen molar-refractivity contribution in [3.63, 3.8) is 0 Å². The molecule has 8 heteroatoms. The maximum absolute atomic E-state index is 12.4. The molecule has 0 aliphatic carbocycles. The van der Waals surface area contributed by atoms with Crippen LogP contribution in [0.3, 0.4) is 0 Å². The molecule has 0 aromatic carbocycles. The van der Waals surface area contributed by atoms with E-state index < -0.39 is 12.7 Å². The minimum atomic E-state index is -4.13. The van der Waals surface area contributed by atoms with Crippen LogP contribution < -0.4 is 16.0 Å². The highest BCUT2D eigenvalue weighted by Crippen LogP contribution is 2.19. The first-order valence-electron chi connectivity index (χ1n) is 7.60. The van der Waals surface area contributed by atoms with Crippen LogP contribution in [0.15, 0.2) is 4.99 Å². The number of hydrogen-bond acceptors (Lipinski definition) is 3. The van der Waals surface area contributed by atoms with Crippen molar-refractivity contribution in [3.8, 4) is 0 Å². The predicted molar refractivity (Wildman–Crippen MR) is 83.2 cm³/mol. The summed E-state index contributed by atoms with van der Waals surface area (Å²) < 4.78 is 37.1. The third-order valence-electron chi connectivity index (χ3n) is 3.31. The summed E-state index contributed by atoms with van der Waals surface area (Å²) in [5, 5.41) is 9.70. The maximum atomic E-state index is 12.4. The lowest BCUT2D eigenvalue weighted by Gasteiger charge is -2.22. The quantitative estimate of drug-likeness (QED) is 0.404. The number of alkyl halides is 3. The number of halogens is 3. The van der Waals surface area contributed by atoms with Gasteiger partial charge in [-0.2, -0.15) is 13.2 Å². The molecule has 5 nitrogen and oxygen atoms in total. The van der Waals surface area contributed by atoms with Crippen LogP contribution in [-0.2, 0) is 0 Å². The molecule has 0 radical (unpaired) electrons. The first kappa shape index (κ1) is 19.0. The zero-order valence-electron chi connectivity index (χ0n) is 13.8. The molecule has 0 bridgehead atoms. The third-order valence-corrected chi connectivity index (χ3v) is 3.31. The normalized spacial score (nSPS) is 21.2. The second-order valence-electron chi connectivity index (χ2n) is 6.66. The summed E-state index contributed by atoms with van der Waals surface area (Å²) in [6, 6.07) is 0.00382. The fourth-order valence-electron chi connectivity index (χ4n) is 2.35. The monoisotopic (exact) mass is 323 g/mol. The van der Waals surface area contributed by atoms with Crippen molar-refractivity contribution < 1.29 is 13.2 Å². The van der Waals surface area contributed by atoms with E-state index in [1.807, 2.05) is 0 Å². The summed E-state index contributed by atoms with van der Waals surface area (Å²) in [7, 11) is 1.66. The second-order valence-corrected chi connectivity index (χ2v) is 6.66. The molecule has 0 aromatic heterocycles. The number of likely N-dealkylation sites (tertiary alicyclic amines) is 1. The van der Waals surface area contributed by atoms with Gasteiger partial charge in [0.2, 0.25) is 0 Å². The van der Waals surface area contributed by atoms with Gasteiger partial charge in [0.15, 0.2) is 5.96 Å². The molecule has 0 amide bonds. The summed E-state index contributed by atoms with van der Waals surface area (Å²) in [5.41, 5.74) is 0.0577. The average Bonchev–Trinajstić information content (AvgIpc) is 2.76. The number of guanidine groups is 1. The van der Waals surface area contributed by atoms with E-state index in [1.54, 1.807) is 7.05 Å². The lowest BCUT2D eigenvalue weighted by Crippen LogP contribution is -2.48. The fraction of sp³-hybridized carbons (Fsp3) is 0.929. The largest absolute Gasteiger partial charge is 0.401 e. The highest BCUT2D eigenvalue weighted by Gasteiger charge is 2.34. The topological polar surface area (TPSA) is 51.7 Å². The first-order chi connectivity index (χ1) is 10.1. The molecule has 1 rings (SSSR count). The molecule has 0 aromatic rings. The van der Waals surface area contributed by atoms with Crippen LogP contribution in [0.1, 0.15) is 27.2 Å². The molecule has 1 fully saturated rings. The van der Waals surface area contributed by atoms with E-state index in [9.17, 15) is 13.2 Å². The highest BCUT2D eigenvalue weighted by atomic mass is 19.4. The van der Waals surface area contributed by atoms with Gasteiger partial charge in [0.1, 0.15) is 0 Å². The van der Waals surface area contributed by atoms with Gasteiger partial charge < -0.3 is 16.0 Å². The predicted octanol–water partition coefficient (Wildman–Crippen LogP) is 1.18. The minimum Gasteiger partial charge on any atom is -0.355 e. The first-order valence-corrected chi connectivity index (χ1v) is 7.60. The van der Waals surface area contributed by atoms with Crippen molar-refractivity contribution in [1.29, 1.82) is 0 Å². The summed E-state index contributed by atoms with van der Waals surface area (Å²) >= 11 is 0. The van der Waals surface area contributed by atoms with E-state index >= 15 is 0 Å². The van der Waals surface area contributed by atoms with E-state index in [2.05, 4.69) is 41.7 Å². The Hall–Kier alpha value is -1.02. The van der Waals surface area contributed by atoms with Gasteiger partial charge in [-0.3, -0.25) is 9.89 Å². The molecule has 0 spiro atoms. The summed E-state index contributed by atoms with van der Waals surface area (Å²) in [6.07, 6.45) is -3.44. The number of nitrogens with one attached hydrogen (secondary N) is 3. The number of aliphatic imine (C=N–C) groups is 1. The molecular formula is C14H28F3N5. The van der Waals surface area contributed by atoms with Crippen LogP contribution in [0.2, 0.25) is 0 Å². The van der Waals surface area contributed by atoms with Crippen LogP contribution in [0.4, 0.5) is 13.2 Å². The van der Waals surface area contributed by atoms with Crippen molar-refractivity contribution in [3.05, 3.63) is 0 Å². The molecule has 1 unspecified atom stereocenters. The second kappa shape index (κ2) is 8.01. The molecule has 1 saturated heterocycles. The zero-order chi connectivity index (χ0) is 16.8. The number of rotatable bonds is 5. The lowest BCUT2D eigenvalue weighted by atomic mass is 10.1. The van der Waals surface area contributed by atoms with Gasteiger partial charge in [0, 0.05) is 44.8 Å². The summed E-state index contributed by atoms with van der Waals surface area (Å²) in [4.78, 5) is 5.53. The van der Waals surface area contributed by atoms with Crippen LogP contribution in [0.5, 0.6) is 0 Å².